The lowest BCUT2D eigenvalue weighted by Gasteiger charge is -2.34. The van der Waals surface area contributed by atoms with Gasteiger partial charge in [-0.25, -0.2) is 13.4 Å². The molecule has 0 saturated heterocycles. The monoisotopic (exact) mass is 450 g/mol. The van der Waals surface area contributed by atoms with Gasteiger partial charge in [-0.3, -0.25) is 4.90 Å². The van der Waals surface area contributed by atoms with Crippen LogP contribution in [0, 0.1) is 0 Å². The highest BCUT2D eigenvalue weighted by Gasteiger charge is 2.24. The fraction of sp³-hybridized carbons (Fsp3) is 0.320. The Morgan fingerprint density at radius 2 is 1.88 bits per heavy atom. The Kier molecular flexibility index (Phi) is 5.39. The van der Waals surface area contributed by atoms with E-state index < -0.39 is 9.84 Å². The van der Waals surface area contributed by atoms with Crippen LogP contribution in [0.3, 0.4) is 0 Å². The summed E-state index contributed by atoms with van der Waals surface area (Å²) in [5, 5.41) is 0. The van der Waals surface area contributed by atoms with Crippen molar-refractivity contribution in [2.75, 3.05) is 19.4 Å². The number of rotatable bonds is 5. The van der Waals surface area contributed by atoms with E-state index in [-0.39, 0.29) is 4.90 Å². The molecule has 1 aromatic heterocycles. The molecule has 2 aromatic carbocycles. The van der Waals surface area contributed by atoms with Crippen LogP contribution in [0.1, 0.15) is 35.2 Å². The highest BCUT2D eigenvalue weighted by molar-refractivity contribution is 7.90. The summed E-state index contributed by atoms with van der Waals surface area (Å²) < 4.78 is 34.8. The highest BCUT2D eigenvalue weighted by atomic mass is 32.2. The molecule has 7 heteroatoms. The van der Waals surface area contributed by atoms with Crippen LogP contribution in [0.5, 0.6) is 17.4 Å². The van der Waals surface area contributed by atoms with Gasteiger partial charge in [0.2, 0.25) is 5.88 Å². The van der Waals surface area contributed by atoms with Crippen molar-refractivity contribution in [1.82, 2.24) is 9.88 Å². The van der Waals surface area contributed by atoms with Gasteiger partial charge in [0, 0.05) is 44.1 Å². The molecule has 0 saturated carbocycles. The van der Waals surface area contributed by atoms with Crippen LogP contribution in [0.2, 0.25) is 0 Å². The number of hydrogen-bond donors (Lipinski definition) is 0. The number of benzene rings is 2. The maximum Gasteiger partial charge on any atom is 0.219 e. The summed E-state index contributed by atoms with van der Waals surface area (Å²) in [6, 6.07) is 16.2. The molecule has 1 atom stereocenters. The molecular weight excluding hydrogens is 424 g/mol. The first-order valence-corrected chi connectivity index (χ1v) is 12.7. The Balaban J connectivity index is 1.28. The Hall–Kier alpha value is -2.90. The fourth-order valence-electron chi connectivity index (χ4n) is 4.37. The third-order valence-electron chi connectivity index (χ3n) is 6.33. The average molecular weight is 451 g/mol. The van der Waals surface area contributed by atoms with Gasteiger partial charge >= 0.3 is 0 Å². The van der Waals surface area contributed by atoms with Crippen LogP contribution in [-0.4, -0.2) is 37.7 Å². The van der Waals surface area contributed by atoms with E-state index in [1.165, 1.54) is 34.5 Å². The zero-order chi connectivity index (χ0) is 22.3. The molecule has 0 aliphatic carbocycles. The van der Waals surface area contributed by atoms with Crippen molar-refractivity contribution < 1.29 is 17.9 Å². The molecule has 0 bridgehead atoms. The van der Waals surface area contributed by atoms with Crippen molar-refractivity contribution >= 4 is 9.84 Å². The van der Waals surface area contributed by atoms with Crippen molar-refractivity contribution in [2.24, 2.45) is 0 Å². The normalized spacial score (nSPS) is 16.7. The molecule has 3 heterocycles. The van der Waals surface area contributed by atoms with Gasteiger partial charge in [-0.15, -0.1) is 0 Å². The van der Waals surface area contributed by atoms with E-state index >= 15 is 0 Å². The minimum atomic E-state index is -3.27. The van der Waals surface area contributed by atoms with E-state index in [2.05, 4.69) is 47.1 Å². The Morgan fingerprint density at radius 3 is 2.66 bits per heavy atom. The van der Waals surface area contributed by atoms with Gasteiger partial charge in [0.1, 0.15) is 11.5 Å². The molecule has 0 radical (unpaired) electrons. The second-order valence-corrected chi connectivity index (χ2v) is 10.5. The number of ether oxygens (including phenoxy) is 2. The van der Waals surface area contributed by atoms with Crippen LogP contribution in [0.25, 0.3) is 0 Å². The molecule has 0 spiro atoms. The quantitative estimate of drug-likeness (QED) is 0.576. The summed E-state index contributed by atoms with van der Waals surface area (Å²) in [5.41, 5.74) is 5.17. The Bertz CT molecular complexity index is 1260. The first-order chi connectivity index (χ1) is 15.4. The molecule has 2 aliphatic rings. The van der Waals surface area contributed by atoms with Gasteiger partial charge in [-0.05, 0) is 59.9 Å². The average Bonchev–Trinajstić information content (AvgIpc) is 3.26. The number of nitrogens with zero attached hydrogens (tertiary/aromatic N) is 2. The van der Waals surface area contributed by atoms with Crippen LogP contribution in [-0.2, 0) is 29.2 Å². The standard InChI is InChI=1S/C25H26N2O4S/c1-17(19-4-3-18-10-12-30-24(18)14-19)27-11-9-20-13-22(6-5-21(20)16-27)31-25-8-7-23(15-26-25)32(2,28)29/h3-8,13-15,17H,9-12,16H2,1-2H3. The van der Waals surface area contributed by atoms with E-state index in [0.29, 0.717) is 17.7 Å². The van der Waals surface area contributed by atoms with Crippen molar-refractivity contribution in [3.8, 4) is 17.4 Å². The Morgan fingerprint density at radius 1 is 1.03 bits per heavy atom. The van der Waals surface area contributed by atoms with Crippen molar-refractivity contribution in [3.63, 3.8) is 0 Å². The third kappa shape index (κ3) is 4.23. The predicted molar refractivity (Wildman–Crippen MR) is 122 cm³/mol. The van der Waals surface area contributed by atoms with Gasteiger partial charge < -0.3 is 9.47 Å². The molecule has 32 heavy (non-hydrogen) atoms. The maximum absolute atomic E-state index is 11.6. The fourth-order valence-corrected chi connectivity index (χ4v) is 4.93. The van der Waals surface area contributed by atoms with Gasteiger partial charge in [-0.1, -0.05) is 18.2 Å². The molecular formula is C25H26N2O4S. The van der Waals surface area contributed by atoms with Gasteiger partial charge in [0.05, 0.1) is 11.5 Å². The molecule has 166 valence electrons. The number of pyridine rings is 1. The zero-order valence-electron chi connectivity index (χ0n) is 18.2. The van der Waals surface area contributed by atoms with Gasteiger partial charge in [0.25, 0.3) is 0 Å². The molecule has 2 aliphatic heterocycles. The lowest BCUT2D eigenvalue weighted by molar-refractivity contribution is 0.191. The molecule has 1 unspecified atom stereocenters. The topological polar surface area (TPSA) is 68.7 Å². The SMILES string of the molecule is CC(c1ccc2c(c1)OCC2)N1CCc2cc(Oc3ccc(S(C)(=O)=O)cn3)ccc2C1. The summed E-state index contributed by atoms with van der Waals surface area (Å²) in [4.78, 5) is 6.80. The summed E-state index contributed by atoms with van der Waals surface area (Å²) in [7, 11) is -3.27. The highest BCUT2D eigenvalue weighted by Crippen LogP contribution is 2.34. The summed E-state index contributed by atoms with van der Waals surface area (Å²) in [6.07, 6.45) is 4.43. The first kappa shape index (κ1) is 21.0. The maximum atomic E-state index is 11.6. The van der Waals surface area contributed by atoms with E-state index in [1.807, 2.05) is 6.07 Å². The first-order valence-electron chi connectivity index (χ1n) is 10.8. The zero-order valence-corrected chi connectivity index (χ0v) is 19.1. The molecule has 0 N–H and O–H groups in total. The van der Waals surface area contributed by atoms with Gasteiger partial charge in [-0.2, -0.15) is 0 Å². The minimum Gasteiger partial charge on any atom is -0.493 e. The molecule has 3 aromatic rings. The summed E-state index contributed by atoms with van der Waals surface area (Å²) >= 11 is 0. The second kappa shape index (κ2) is 8.22. The van der Waals surface area contributed by atoms with E-state index in [9.17, 15) is 8.42 Å². The lowest BCUT2D eigenvalue weighted by atomic mass is 9.96. The van der Waals surface area contributed by atoms with Crippen molar-refractivity contribution in [1.29, 1.82) is 0 Å². The van der Waals surface area contributed by atoms with Crippen molar-refractivity contribution in [2.45, 2.75) is 37.2 Å². The van der Waals surface area contributed by atoms with Crippen LogP contribution in [0.15, 0.2) is 59.6 Å². The van der Waals surface area contributed by atoms with Crippen LogP contribution < -0.4 is 9.47 Å². The summed E-state index contributed by atoms with van der Waals surface area (Å²) in [5.74, 6) is 2.12. The molecule has 0 fully saturated rings. The van der Waals surface area contributed by atoms with Crippen LogP contribution in [0.4, 0.5) is 0 Å². The number of fused-ring (bicyclic) bond motifs is 2. The van der Waals surface area contributed by atoms with E-state index in [0.717, 1.165) is 44.5 Å². The van der Waals surface area contributed by atoms with Crippen molar-refractivity contribution in [3.05, 3.63) is 77.0 Å². The second-order valence-electron chi connectivity index (χ2n) is 8.50. The third-order valence-corrected chi connectivity index (χ3v) is 7.43. The van der Waals surface area contributed by atoms with Crippen LogP contribution >= 0.6 is 0 Å². The largest absolute Gasteiger partial charge is 0.493 e. The molecule has 6 nitrogen and oxygen atoms in total. The van der Waals surface area contributed by atoms with Gasteiger partial charge in [0.15, 0.2) is 9.84 Å². The van der Waals surface area contributed by atoms with E-state index in [1.54, 1.807) is 6.07 Å². The van der Waals surface area contributed by atoms with E-state index in [4.69, 9.17) is 9.47 Å². The summed E-state index contributed by atoms with van der Waals surface area (Å²) in [6.45, 7) is 4.89. The lowest BCUT2D eigenvalue weighted by Crippen LogP contribution is -2.32. The molecule has 5 rings (SSSR count). The Labute approximate surface area is 188 Å². The number of sulfone groups is 1. The smallest absolute Gasteiger partial charge is 0.219 e. The number of hydrogen-bond acceptors (Lipinski definition) is 6. The molecule has 0 amide bonds. The minimum absolute atomic E-state index is 0.180. The number of aromatic nitrogens is 1. The predicted octanol–water partition coefficient (Wildman–Crippen LogP) is 4.33.